The molecule has 2 N–H and O–H groups in total. The minimum Gasteiger partial charge on any atom is -0.379 e. The van der Waals surface area contributed by atoms with E-state index in [2.05, 4.69) is 18.7 Å². The van der Waals surface area contributed by atoms with Crippen molar-refractivity contribution in [2.75, 3.05) is 39.4 Å². The van der Waals surface area contributed by atoms with Crippen molar-refractivity contribution >= 4 is 0 Å². The van der Waals surface area contributed by atoms with Crippen LogP contribution >= 0.6 is 0 Å². The van der Waals surface area contributed by atoms with Crippen molar-refractivity contribution in [1.82, 2.24) is 4.90 Å². The summed E-state index contributed by atoms with van der Waals surface area (Å²) in [5.41, 5.74) is 5.39. The molecule has 0 rings (SSSR count). The lowest BCUT2D eigenvalue weighted by molar-refractivity contribution is 0.110. The molecule has 0 heterocycles. The molecule has 0 saturated heterocycles. The molecule has 18 heavy (non-hydrogen) atoms. The number of hydrogen-bond acceptors (Lipinski definition) is 3. The van der Waals surface area contributed by atoms with Gasteiger partial charge in [0.1, 0.15) is 0 Å². The number of hydrogen-bond donors (Lipinski definition) is 1. The molecule has 0 bridgehead atoms. The third kappa shape index (κ3) is 12.3. The Balaban J connectivity index is 3.27. The van der Waals surface area contributed by atoms with Gasteiger partial charge in [-0.05, 0) is 19.5 Å². The van der Waals surface area contributed by atoms with Crippen LogP contribution in [-0.4, -0.2) is 44.3 Å². The topological polar surface area (TPSA) is 38.5 Å². The van der Waals surface area contributed by atoms with Gasteiger partial charge in [0.05, 0.1) is 13.2 Å². The third-order valence-corrected chi connectivity index (χ3v) is 3.34. The van der Waals surface area contributed by atoms with E-state index in [-0.39, 0.29) is 0 Å². The van der Waals surface area contributed by atoms with E-state index in [4.69, 9.17) is 10.5 Å². The van der Waals surface area contributed by atoms with Crippen LogP contribution in [0.25, 0.3) is 0 Å². The van der Waals surface area contributed by atoms with Gasteiger partial charge in [0.2, 0.25) is 0 Å². The minimum absolute atomic E-state index is 0.629. The van der Waals surface area contributed by atoms with Crippen LogP contribution in [0.4, 0.5) is 0 Å². The van der Waals surface area contributed by atoms with E-state index in [0.717, 1.165) is 19.7 Å². The van der Waals surface area contributed by atoms with Gasteiger partial charge < -0.3 is 15.4 Å². The van der Waals surface area contributed by atoms with Crippen molar-refractivity contribution in [3.63, 3.8) is 0 Å². The fraction of sp³-hybridized carbons (Fsp3) is 1.00. The molecule has 0 aliphatic carbocycles. The van der Waals surface area contributed by atoms with Gasteiger partial charge in [-0.2, -0.15) is 0 Å². The van der Waals surface area contributed by atoms with E-state index in [1.165, 1.54) is 51.5 Å². The molecule has 0 aliphatic heterocycles. The third-order valence-electron chi connectivity index (χ3n) is 3.34. The molecule has 0 spiro atoms. The second-order valence-corrected chi connectivity index (χ2v) is 4.96. The van der Waals surface area contributed by atoms with E-state index in [0.29, 0.717) is 13.2 Å². The molecule has 0 aromatic rings. The summed E-state index contributed by atoms with van der Waals surface area (Å²) < 4.78 is 5.42. The maximum absolute atomic E-state index is 5.42. The molecule has 0 aliphatic rings. The molecular formula is C15H34N2O. The van der Waals surface area contributed by atoms with Crippen molar-refractivity contribution in [3.05, 3.63) is 0 Å². The Bertz CT molecular complexity index is 153. The van der Waals surface area contributed by atoms with Gasteiger partial charge in [0, 0.05) is 13.1 Å². The van der Waals surface area contributed by atoms with E-state index >= 15 is 0 Å². The summed E-state index contributed by atoms with van der Waals surface area (Å²) in [5.74, 6) is 0. The van der Waals surface area contributed by atoms with Gasteiger partial charge in [-0.1, -0.05) is 52.4 Å². The molecule has 0 unspecified atom stereocenters. The Labute approximate surface area is 114 Å². The smallest absolute Gasteiger partial charge is 0.0594 e. The summed E-state index contributed by atoms with van der Waals surface area (Å²) in [6.07, 6.45) is 9.69. The van der Waals surface area contributed by atoms with Crippen LogP contribution in [0.15, 0.2) is 0 Å². The average molecular weight is 258 g/mol. The van der Waals surface area contributed by atoms with Crippen LogP contribution in [0.3, 0.4) is 0 Å². The molecule has 3 heteroatoms. The number of ether oxygens (including phenoxy) is 1. The monoisotopic (exact) mass is 258 g/mol. The SMILES string of the molecule is CCCCCCCCCN(CC)CCOCCN. The fourth-order valence-corrected chi connectivity index (χ4v) is 2.10. The molecule has 0 aromatic heterocycles. The summed E-state index contributed by atoms with van der Waals surface area (Å²) >= 11 is 0. The number of nitrogens with zero attached hydrogens (tertiary/aromatic N) is 1. The molecule has 0 saturated carbocycles. The van der Waals surface area contributed by atoms with Crippen molar-refractivity contribution in [2.45, 2.75) is 58.8 Å². The first-order valence-corrected chi connectivity index (χ1v) is 7.85. The summed E-state index contributed by atoms with van der Waals surface area (Å²) in [5, 5.41) is 0. The highest BCUT2D eigenvalue weighted by Gasteiger charge is 2.01. The second kappa shape index (κ2) is 14.9. The lowest BCUT2D eigenvalue weighted by Gasteiger charge is -2.20. The van der Waals surface area contributed by atoms with Crippen molar-refractivity contribution in [2.24, 2.45) is 5.73 Å². The molecule has 3 nitrogen and oxygen atoms in total. The Kier molecular flexibility index (Phi) is 14.8. The van der Waals surface area contributed by atoms with Crippen molar-refractivity contribution < 1.29 is 4.74 Å². The minimum atomic E-state index is 0.629. The number of likely N-dealkylation sites (N-methyl/N-ethyl adjacent to an activating group) is 1. The van der Waals surface area contributed by atoms with E-state index in [1.807, 2.05) is 0 Å². The van der Waals surface area contributed by atoms with Crippen molar-refractivity contribution in [1.29, 1.82) is 0 Å². The highest BCUT2D eigenvalue weighted by molar-refractivity contribution is 4.56. The Morgan fingerprint density at radius 1 is 0.833 bits per heavy atom. The summed E-state index contributed by atoms with van der Waals surface area (Å²) in [6, 6.07) is 0. The van der Waals surface area contributed by atoms with Gasteiger partial charge in [0.15, 0.2) is 0 Å². The Morgan fingerprint density at radius 3 is 2.11 bits per heavy atom. The van der Waals surface area contributed by atoms with E-state index in [9.17, 15) is 0 Å². The van der Waals surface area contributed by atoms with Gasteiger partial charge in [-0.25, -0.2) is 0 Å². The zero-order chi connectivity index (χ0) is 13.5. The lowest BCUT2D eigenvalue weighted by Crippen LogP contribution is -2.29. The van der Waals surface area contributed by atoms with Crippen LogP contribution in [0.5, 0.6) is 0 Å². The number of rotatable bonds is 14. The molecule has 0 atom stereocenters. The largest absolute Gasteiger partial charge is 0.379 e. The van der Waals surface area contributed by atoms with E-state index in [1.54, 1.807) is 0 Å². The predicted octanol–water partition coefficient (Wildman–Crippen LogP) is 3.03. The highest BCUT2D eigenvalue weighted by Crippen LogP contribution is 2.07. The fourth-order valence-electron chi connectivity index (χ4n) is 2.10. The molecule has 0 aromatic carbocycles. The van der Waals surface area contributed by atoms with Gasteiger partial charge in [0.25, 0.3) is 0 Å². The quantitative estimate of drug-likeness (QED) is 0.487. The van der Waals surface area contributed by atoms with Crippen LogP contribution in [0.2, 0.25) is 0 Å². The molecule has 0 radical (unpaired) electrons. The first-order chi connectivity index (χ1) is 8.85. The first kappa shape index (κ1) is 17.9. The first-order valence-electron chi connectivity index (χ1n) is 7.85. The van der Waals surface area contributed by atoms with Crippen LogP contribution < -0.4 is 5.73 Å². The molecule has 110 valence electrons. The standard InChI is InChI=1S/C15H34N2O/c1-3-5-6-7-8-9-10-12-17(4-2)13-15-18-14-11-16/h3-16H2,1-2H3. The van der Waals surface area contributed by atoms with E-state index < -0.39 is 0 Å². The number of nitrogens with two attached hydrogens (primary N) is 1. The van der Waals surface area contributed by atoms with Crippen molar-refractivity contribution in [3.8, 4) is 0 Å². The van der Waals surface area contributed by atoms with Gasteiger partial charge in [-0.15, -0.1) is 0 Å². The molecule has 0 fully saturated rings. The van der Waals surface area contributed by atoms with Crippen LogP contribution in [0.1, 0.15) is 58.8 Å². The lowest BCUT2D eigenvalue weighted by atomic mass is 10.1. The normalized spacial score (nSPS) is 11.3. The number of unbranched alkanes of at least 4 members (excludes halogenated alkanes) is 6. The highest BCUT2D eigenvalue weighted by atomic mass is 16.5. The molecule has 0 amide bonds. The predicted molar refractivity (Wildman–Crippen MR) is 80.0 cm³/mol. The zero-order valence-electron chi connectivity index (χ0n) is 12.6. The average Bonchev–Trinajstić information content (AvgIpc) is 2.40. The summed E-state index contributed by atoms with van der Waals surface area (Å²) in [4.78, 5) is 2.47. The Morgan fingerprint density at radius 2 is 1.50 bits per heavy atom. The zero-order valence-corrected chi connectivity index (χ0v) is 12.6. The van der Waals surface area contributed by atoms with Crippen LogP contribution in [-0.2, 0) is 4.74 Å². The maximum atomic E-state index is 5.42. The van der Waals surface area contributed by atoms with Gasteiger partial charge >= 0.3 is 0 Å². The summed E-state index contributed by atoms with van der Waals surface area (Å²) in [6.45, 7) is 10.0. The summed E-state index contributed by atoms with van der Waals surface area (Å²) in [7, 11) is 0. The van der Waals surface area contributed by atoms with Crippen LogP contribution in [0, 0.1) is 0 Å². The maximum Gasteiger partial charge on any atom is 0.0594 e. The second-order valence-electron chi connectivity index (χ2n) is 4.96. The Hall–Kier alpha value is -0.120. The van der Waals surface area contributed by atoms with Gasteiger partial charge in [-0.3, -0.25) is 0 Å². The molecular weight excluding hydrogens is 224 g/mol.